The molecular weight excluding hydrogens is 251 g/mol. The Morgan fingerprint density at radius 2 is 2.23 bits per heavy atom. The van der Waals surface area contributed by atoms with E-state index in [1.54, 1.807) is 6.07 Å². The van der Waals surface area contributed by atoms with E-state index in [9.17, 15) is 13.2 Å². The highest BCUT2D eigenvalue weighted by atomic mass is 79.9. The van der Waals surface area contributed by atoms with Gasteiger partial charge in [-0.25, -0.2) is 0 Å². The van der Waals surface area contributed by atoms with Gasteiger partial charge in [-0.3, -0.25) is 4.68 Å². The van der Waals surface area contributed by atoms with E-state index < -0.39 is 11.9 Å². The molecule has 70 valence electrons. The standard InChI is InChI=1S/C6H3BrF3N3/c7-4-3-13(2-1-11)12-5(4)6(8,9)10/h3H,2H2. The van der Waals surface area contributed by atoms with Crippen LogP contribution in [0.25, 0.3) is 0 Å². The molecule has 0 atom stereocenters. The first-order chi connectivity index (χ1) is 5.95. The Morgan fingerprint density at radius 1 is 1.62 bits per heavy atom. The van der Waals surface area contributed by atoms with Gasteiger partial charge in [0, 0.05) is 6.20 Å². The molecule has 3 nitrogen and oxygen atoms in total. The molecule has 1 aromatic rings. The quantitative estimate of drug-likeness (QED) is 0.770. The fourth-order valence-electron chi connectivity index (χ4n) is 0.743. The number of hydrogen-bond donors (Lipinski definition) is 0. The van der Waals surface area contributed by atoms with Crippen molar-refractivity contribution in [1.82, 2.24) is 9.78 Å². The molecule has 0 bridgehead atoms. The van der Waals surface area contributed by atoms with Gasteiger partial charge in [-0.1, -0.05) is 0 Å². The molecule has 1 aromatic heterocycles. The molecule has 0 saturated heterocycles. The first-order valence-corrected chi connectivity index (χ1v) is 3.91. The Hall–Kier alpha value is -1.03. The van der Waals surface area contributed by atoms with Crippen molar-refractivity contribution in [3.05, 3.63) is 16.4 Å². The Balaban J connectivity index is 3.05. The molecule has 0 aliphatic carbocycles. The average molecular weight is 254 g/mol. The summed E-state index contributed by atoms with van der Waals surface area (Å²) in [6.07, 6.45) is -3.37. The molecule has 0 spiro atoms. The summed E-state index contributed by atoms with van der Waals surface area (Å²) in [6.45, 7) is -0.200. The predicted octanol–water partition coefficient (Wildman–Crippen LogP) is 2.19. The summed E-state index contributed by atoms with van der Waals surface area (Å²) >= 11 is 2.71. The zero-order chi connectivity index (χ0) is 10.1. The van der Waals surface area contributed by atoms with Gasteiger partial charge in [0.15, 0.2) is 5.69 Å². The number of rotatable bonds is 1. The van der Waals surface area contributed by atoms with E-state index >= 15 is 0 Å². The molecule has 1 heterocycles. The molecule has 13 heavy (non-hydrogen) atoms. The number of aromatic nitrogens is 2. The topological polar surface area (TPSA) is 41.6 Å². The molecular formula is C6H3BrF3N3. The first-order valence-electron chi connectivity index (χ1n) is 3.12. The van der Waals surface area contributed by atoms with Crippen molar-refractivity contribution in [3.63, 3.8) is 0 Å². The maximum absolute atomic E-state index is 12.1. The normalized spacial score (nSPS) is 11.3. The summed E-state index contributed by atoms with van der Waals surface area (Å²) in [7, 11) is 0. The van der Waals surface area contributed by atoms with E-state index in [0.717, 1.165) is 10.9 Å². The number of halogens is 4. The lowest BCUT2D eigenvalue weighted by Crippen LogP contribution is -2.08. The van der Waals surface area contributed by atoms with Crippen LogP contribution in [0, 0.1) is 11.3 Å². The highest BCUT2D eigenvalue weighted by Gasteiger charge is 2.36. The second kappa shape index (κ2) is 3.38. The minimum atomic E-state index is -4.49. The molecule has 0 saturated carbocycles. The fraction of sp³-hybridized carbons (Fsp3) is 0.333. The predicted molar refractivity (Wildman–Crippen MR) is 40.5 cm³/mol. The van der Waals surface area contributed by atoms with E-state index in [0.29, 0.717) is 0 Å². The van der Waals surface area contributed by atoms with Gasteiger partial charge in [0.05, 0.1) is 10.5 Å². The monoisotopic (exact) mass is 253 g/mol. The molecule has 0 amide bonds. The number of nitrogens with zero attached hydrogens (tertiary/aromatic N) is 3. The molecule has 0 unspecified atom stereocenters. The van der Waals surface area contributed by atoms with Crippen LogP contribution in [0.15, 0.2) is 10.7 Å². The number of nitriles is 1. The highest BCUT2D eigenvalue weighted by molar-refractivity contribution is 9.10. The maximum Gasteiger partial charge on any atom is 0.436 e. The fourth-order valence-corrected chi connectivity index (χ4v) is 1.28. The largest absolute Gasteiger partial charge is 0.436 e. The molecule has 7 heteroatoms. The smallest absolute Gasteiger partial charge is 0.257 e. The van der Waals surface area contributed by atoms with E-state index in [1.165, 1.54) is 0 Å². The first kappa shape index (κ1) is 10.1. The van der Waals surface area contributed by atoms with Crippen LogP contribution in [-0.2, 0) is 12.7 Å². The van der Waals surface area contributed by atoms with Gasteiger partial charge in [-0.15, -0.1) is 0 Å². The third-order valence-electron chi connectivity index (χ3n) is 1.22. The van der Waals surface area contributed by atoms with E-state index in [4.69, 9.17) is 5.26 Å². The van der Waals surface area contributed by atoms with Crippen molar-refractivity contribution < 1.29 is 13.2 Å². The Kier molecular flexibility index (Phi) is 2.61. The van der Waals surface area contributed by atoms with Gasteiger partial charge in [-0.05, 0) is 15.9 Å². The van der Waals surface area contributed by atoms with Crippen LogP contribution in [0.4, 0.5) is 13.2 Å². The van der Waals surface area contributed by atoms with Gasteiger partial charge in [0.1, 0.15) is 6.54 Å². The molecule has 0 fully saturated rings. The summed E-state index contributed by atoms with van der Waals surface area (Å²) < 4.78 is 37.1. The molecule has 0 aliphatic heterocycles. The van der Waals surface area contributed by atoms with Gasteiger partial charge < -0.3 is 0 Å². The van der Waals surface area contributed by atoms with Crippen LogP contribution in [0.2, 0.25) is 0 Å². The van der Waals surface area contributed by atoms with Gasteiger partial charge in [0.25, 0.3) is 0 Å². The van der Waals surface area contributed by atoms with Crippen molar-refractivity contribution in [2.24, 2.45) is 0 Å². The summed E-state index contributed by atoms with van der Waals surface area (Å²) in [5.41, 5.74) is -1.01. The van der Waals surface area contributed by atoms with Gasteiger partial charge >= 0.3 is 6.18 Å². The molecule has 0 radical (unpaired) electrons. The van der Waals surface area contributed by atoms with Crippen molar-refractivity contribution in [2.75, 3.05) is 0 Å². The van der Waals surface area contributed by atoms with E-state index in [2.05, 4.69) is 21.0 Å². The molecule has 0 N–H and O–H groups in total. The van der Waals surface area contributed by atoms with Crippen molar-refractivity contribution >= 4 is 15.9 Å². The van der Waals surface area contributed by atoms with Crippen LogP contribution in [0.1, 0.15) is 5.69 Å². The Bertz CT molecular complexity index is 349. The van der Waals surface area contributed by atoms with E-state index in [-0.39, 0.29) is 11.0 Å². The van der Waals surface area contributed by atoms with Crippen molar-refractivity contribution in [1.29, 1.82) is 5.26 Å². The van der Waals surface area contributed by atoms with Crippen LogP contribution >= 0.6 is 15.9 Å². The second-order valence-electron chi connectivity index (χ2n) is 2.18. The zero-order valence-corrected chi connectivity index (χ0v) is 7.72. The van der Waals surface area contributed by atoms with Crippen molar-refractivity contribution in [3.8, 4) is 6.07 Å². The van der Waals surface area contributed by atoms with Crippen LogP contribution in [-0.4, -0.2) is 9.78 Å². The second-order valence-corrected chi connectivity index (χ2v) is 3.03. The van der Waals surface area contributed by atoms with Crippen LogP contribution in [0.5, 0.6) is 0 Å². The van der Waals surface area contributed by atoms with Crippen LogP contribution in [0.3, 0.4) is 0 Å². The lowest BCUT2D eigenvalue weighted by atomic mass is 10.4. The minimum Gasteiger partial charge on any atom is -0.257 e. The Morgan fingerprint density at radius 3 is 2.62 bits per heavy atom. The minimum absolute atomic E-state index is 0.157. The summed E-state index contributed by atoms with van der Waals surface area (Å²) in [4.78, 5) is 0. The van der Waals surface area contributed by atoms with Crippen molar-refractivity contribution in [2.45, 2.75) is 12.7 Å². The lowest BCUT2D eigenvalue weighted by Gasteiger charge is -2.01. The summed E-state index contributed by atoms with van der Waals surface area (Å²) in [5.74, 6) is 0. The number of hydrogen-bond acceptors (Lipinski definition) is 2. The average Bonchev–Trinajstić information content (AvgIpc) is 2.30. The summed E-state index contributed by atoms with van der Waals surface area (Å²) in [6, 6.07) is 1.69. The van der Waals surface area contributed by atoms with Crippen LogP contribution < -0.4 is 0 Å². The maximum atomic E-state index is 12.1. The Labute approximate surface area is 79.9 Å². The summed E-state index contributed by atoms with van der Waals surface area (Å²) in [5, 5.41) is 11.4. The zero-order valence-electron chi connectivity index (χ0n) is 6.14. The lowest BCUT2D eigenvalue weighted by molar-refractivity contribution is -0.142. The molecule has 1 rings (SSSR count). The third kappa shape index (κ3) is 2.21. The molecule has 0 aromatic carbocycles. The van der Waals surface area contributed by atoms with E-state index in [1.807, 2.05) is 0 Å². The van der Waals surface area contributed by atoms with Gasteiger partial charge in [0.2, 0.25) is 0 Å². The molecule has 0 aliphatic rings. The third-order valence-corrected chi connectivity index (χ3v) is 1.80. The number of alkyl halides is 3. The SMILES string of the molecule is N#CCn1cc(Br)c(C(F)(F)F)n1. The van der Waals surface area contributed by atoms with Gasteiger partial charge in [-0.2, -0.15) is 23.5 Å². The highest BCUT2D eigenvalue weighted by Crippen LogP contribution is 2.33.